The van der Waals surface area contributed by atoms with E-state index in [9.17, 15) is 9.59 Å². The van der Waals surface area contributed by atoms with Gasteiger partial charge in [0.2, 0.25) is 11.8 Å². The summed E-state index contributed by atoms with van der Waals surface area (Å²) >= 11 is 12.2. The molecule has 0 radical (unpaired) electrons. The highest BCUT2D eigenvalue weighted by atomic mass is 35.5. The molecule has 3 aliphatic heterocycles. The van der Waals surface area contributed by atoms with Gasteiger partial charge in [-0.25, -0.2) is 0 Å². The highest BCUT2D eigenvalue weighted by Crippen LogP contribution is 2.30. The second-order valence-electron chi connectivity index (χ2n) is 8.35. The molecule has 2 N–H and O–H groups in total. The first-order valence-corrected chi connectivity index (χ1v) is 11.3. The highest BCUT2D eigenvalue weighted by molar-refractivity contribution is 6.42. The Morgan fingerprint density at radius 1 is 1.03 bits per heavy atom. The van der Waals surface area contributed by atoms with Crippen LogP contribution in [-0.2, 0) is 20.7 Å². The quantitative estimate of drug-likeness (QED) is 0.727. The molecule has 0 aromatic heterocycles. The molecule has 1 aromatic rings. The third-order valence-electron chi connectivity index (χ3n) is 6.45. The summed E-state index contributed by atoms with van der Waals surface area (Å²) in [6.07, 6.45) is 2.59. The van der Waals surface area contributed by atoms with Crippen LogP contribution < -0.4 is 5.73 Å². The van der Waals surface area contributed by atoms with Crippen LogP contribution in [0.4, 0.5) is 0 Å². The van der Waals surface area contributed by atoms with Gasteiger partial charge in [0.1, 0.15) is 0 Å². The van der Waals surface area contributed by atoms with E-state index in [2.05, 4.69) is 9.80 Å². The Hall–Kier alpha value is -1.38. The summed E-state index contributed by atoms with van der Waals surface area (Å²) < 4.78 is 5.95. The number of rotatable bonds is 5. The van der Waals surface area contributed by atoms with Crippen LogP contribution in [0.25, 0.3) is 0 Å². The number of likely N-dealkylation sites (tertiary alicyclic amines) is 1. The summed E-state index contributed by atoms with van der Waals surface area (Å²) in [5.41, 5.74) is 6.33. The van der Waals surface area contributed by atoms with Crippen LogP contribution >= 0.6 is 23.2 Å². The van der Waals surface area contributed by atoms with E-state index in [1.165, 1.54) is 0 Å². The predicted molar refractivity (Wildman–Crippen MR) is 116 cm³/mol. The number of nitrogens with zero attached hydrogens (tertiary/aromatic N) is 3. The molecule has 164 valence electrons. The Labute approximate surface area is 187 Å². The Balaban J connectivity index is 1.57. The van der Waals surface area contributed by atoms with Crippen molar-refractivity contribution in [3.63, 3.8) is 0 Å². The third-order valence-corrected chi connectivity index (χ3v) is 7.19. The summed E-state index contributed by atoms with van der Waals surface area (Å²) in [4.78, 5) is 31.5. The van der Waals surface area contributed by atoms with Crippen LogP contribution in [0.15, 0.2) is 18.2 Å². The first-order valence-electron chi connectivity index (χ1n) is 10.5. The molecular weight excluding hydrogens is 427 g/mol. The normalized spacial score (nSPS) is 27.8. The average Bonchev–Trinajstić information content (AvgIpc) is 3.25. The minimum atomic E-state index is -0.354. The van der Waals surface area contributed by atoms with Crippen molar-refractivity contribution in [1.82, 2.24) is 14.7 Å². The first kappa shape index (κ1) is 21.8. The first-order chi connectivity index (χ1) is 14.4. The molecule has 7 nitrogen and oxygen atoms in total. The molecule has 2 amide bonds. The van der Waals surface area contributed by atoms with Crippen molar-refractivity contribution < 1.29 is 14.3 Å². The van der Waals surface area contributed by atoms with Gasteiger partial charge in [0.05, 0.1) is 54.4 Å². The number of fused-ring (bicyclic) bond motifs is 1. The largest absolute Gasteiger partial charge is 0.378 e. The molecule has 30 heavy (non-hydrogen) atoms. The maximum atomic E-state index is 13.4. The Kier molecular flexibility index (Phi) is 6.85. The molecule has 3 aliphatic rings. The number of primary amides is 1. The van der Waals surface area contributed by atoms with E-state index < -0.39 is 0 Å². The Bertz CT molecular complexity index is 802. The lowest BCUT2D eigenvalue weighted by atomic mass is 9.91. The molecule has 3 atom stereocenters. The topological polar surface area (TPSA) is 79.1 Å². The van der Waals surface area contributed by atoms with Gasteiger partial charge < -0.3 is 15.4 Å². The van der Waals surface area contributed by atoms with E-state index >= 15 is 0 Å². The van der Waals surface area contributed by atoms with Crippen molar-refractivity contribution in [2.45, 2.75) is 37.4 Å². The number of nitrogens with two attached hydrogens (primary N) is 1. The van der Waals surface area contributed by atoms with Crippen LogP contribution in [-0.4, -0.2) is 90.6 Å². The van der Waals surface area contributed by atoms with Gasteiger partial charge in [0, 0.05) is 13.1 Å². The van der Waals surface area contributed by atoms with Gasteiger partial charge in [-0.3, -0.25) is 19.4 Å². The molecule has 1 aromatic carbocycles. The second-order valence-corrected chi connectivity index (χ2v) is 9.17. The van der Waals surface area contributed by atoms with Crippen molar-refractivity contribution in [1.29, 1.82) is 0 Å². The van der Waals surface area contributed by atoms with Gasteiger partial charge in [0.15, 0.2) is 0 Å². The summed E-state index contributed by atoms with van der Waals surface area (Å²) in [5, 5.41) is 0.929. The molecule has 0 spiro atoms. The van der Waals surface area contributed by atoms with E-state index in [-0.39, 0.29) is 42.9 Å². The number of piperazine rings is 1. The van der Waals surface area contributed by atoms with Gasteiger partial charge in [0.25, 0.3) is 0 Å². The van der Waals surface area contributed by atoms with E-state index in [4.69, 9.17) is 33.7 Å². The number of carbonyl (C=O) groups is 2. The van der Waals surface area contributed by atoms with Gasteiger partial charge in [-0.15, -0.1) is 0 Å². The zero-order valence-electron chi connectivity index (χ0n) is 16.9. The monoisotopic (exact) mass is 454 g/mol. The number of ether oxygens (including phenoxy) is 1. The van der Waals surface area contributed by atoms with E-state index in [0.29, 0.717) is 36.3 Å². The molecule has 2 unspecified atom stereocenters. The minimum absolute atomic E-state index is 0.0276. The number of amides is 2. The average molecular weight is 455 g/mol. The van der Waals surface area contributed by atoms with Crippen LogP contribution in [0, 0.1) is 0 Å². The molecule has 0 saturated carbocycles. The number of hydrogen-bond acceptors (Lipinski definition) is 5. The molecule has 4 rings (SSSR count). The Morgan fingerprint density at radius 2 is 1.77 bits per heavy atom. The number of carbonyl (C=O) groups excluding carboxylic acids is 2. The fraction of sp³-hybridized carbons (Fsp3) is 0.619. The van der Waals surface area contributed by atoms with Crippen molar-refractivity contribution in [3.05, 3.63) is 33.8 Å². The summed E-state index contributed by atoms with van der Waals surface area (Å²) in [7, 11) is 0. The van der Waals surface area contributed by atoms with Crippen LogP contribution in [0.5, 0.6) is 0 Å². The molecule has 3 fully saturated rings. The number of hydrogen-bond donors (Lipinski definition) is 1. The van der Waals surface area contributed by atoms with Crippen LogP contribution in [0.3, 0.4) is 0 Å². The zero-order valence-corrected chi connectivity index (χ0v) is 18.4. The minimum Gasteiger partial charge on any atom is -0.378 e. The fourth-order valence-corrected chi connectivity index (χ4v) is 5.38. The standard InChI is InChI=1S/C21H28Cl2N4O3/c22-15-4-3-14(9-16(15)23)10-20(29)27-8-7-26(11-19(24)28)18-13-30-12-17(21(18)27)25-5-1-2-6-25/h3-4,9,17-18,21H,1-2,5-8,10-13H2,(H2,24,28)/t17?,18?,21-/m1/s1. The third kappa shape index (κ3) is 4.60. The van der Waals surface area contributed by atoms with Gasteiger partial charge in [-0.2, -0.15) is 0 Å². The lowest BCUT2D eigenvalue weighted by Gasteiger charge is -2.54. The lowest BCUT2D eigenvalue weighted by Crippen LogP contribution is -2.72. The van der Waals surface area contributed by atoms with E-state index in [1.54, 1.807) is 12.1 Å². The lowest BCUT2D eigenvalue weighted by molar-refractivity contribution is -0.153. The van der Waals surface area contributed by atoms with Crippen molar-refractivity contribution >= 4 is 35.0 Å². The van der Waals surface area contributed by atoms with Gasteiger partial charge >= 0.3 is 0 Å². The smallest absolute Gasteiger partial charge is 0.231 e. The van der Waals surface area contributed by atoms with E-state index in [0.717, 1.165) is 31.5 Å². The SMILES string of the molecule is NC(=O)CN1CCN(C(=O)Cc2ccc(Cl)c(Cl)c2)[C@@H]2C(N3CCCC3)COCC21. The zero-order chi connectivity index (χ0) is 21.3. The molecule has 9 heteroatoms. The number of benzene rings is 1. The van der Waals surface area contributed by atoms with Crippen molar-refractivity contribution in [2.75, 3.05) is 45.9 Å². The van der Waals surface area contributed by atoms with Crippen LogP contribution in [0.1, 0.15) is 18.4 Å². The molecule has 0 bridgehead atoms. The van der Waals surface area contributed by atoms with Crippen molar-refractivity contribution in [2.24, 2.45) is 5.73 Å². The molecule has 3 saturated heterocycles. The predicted octanol–water partition coefficient (Wildman–Crippen LogP) is 1.40. The molecule has 3 heterocycles. The molecular formula is C21H28Cl2N4O3. The second kappa shape index (κ2) is 9.40. The van der Waals surface area contributed by atoms with Gasteiger partial charge in [-0.1, -0.05) is 29.3 Å². The maximum absolute atomic E-state index is 13.4. The van der Waals surface area contributed by atoms with Crippen LogP contribution in [0.2, 0.25) is 10.0 Å². The maximum Gasteiger partial charge on any atom is 0.231 e. The number of halogens is 2. The summed E-state index contributed by atoms with van der Waals surface area (Å²) in [6.45, 7) is 4.49. The summed E-state index contributed by atoms with van der Waals surface area (Å²) in [6, 6.07) is 5.38. The van der Waals surface area contributed by atoms with E-state index in [1.807, 2.05) is 11.0 Å². The van der Waals surface area contributed by atoms with Crippen molar-refractivity contribution in [3.8, 4) is 0 Å². The molecule has 0 aliphatic carbocycles. The Morgan fingerprint density at radius 3 is 2.47 bits per heavy atom. The van der Waals surface area contributed by atoms with Gasteiger partial charge in [-0.05, 0) is 43.6 Å². The summed E-state index contributed by atoms with van der Waals surface area (Å²) in [5.74, 6) is -0.291. The highest BCUT2D eigenvalue weighted by Gasteiger charge is 2.48. The fourth-order valence-electron chi connectivity index (χ4n) is 5.06.